The molecule has 11 heteroatoms. The first-order valence-corrected chi connectivity index (χ1v) is 23.6. The number of nitrogens with one attached hydrogen (secondary N) is 1. The largest absolute Gasteiger partial charge is 0.368 e. The highest BCUT2D eigenvalue weighted by Crippen LogP contribution is 2.60. The Morgan fingerprint density at radius 2 is 1.10 bits per heavy atom. The maximum Gasteiger partial charge on any atom is 0.220 e. The van der Waals surface area contributed by atoms with Crippen LogP contribution in [0.1, 0.15) is 83.0 Å². The molecule has 5 aliphatic rings. The predicted octanol–water partition coefficient (Wildman–Crippen LogP) is 12.5. The van der Waals surface area contributed by atoms with Crippen LogP contribution in [0.4, 0.5) is 11.4 Å². The Hall–Kier alpha value is -7.10. The lowest BCUT2D eigenvalue weighted by molar-refractivity contribution is -0.237. The summed E-state index contributed by atoms with van der Waals surface area (Å²) in [5.74, 6) is 0.425. The maximum absolute atomic E-state index is 9.59. The Bertz CT molecular complexity index is 3010. The number of fused-ring (bicyclic) bond motifs is 6. The number of aryl methyl sites for hydroxylation is 6. The first-order chi connectivity index (χ1) is 33.2. The van der Waals surface area contributed by atoms with Crippen LogP contribution in [-0.4, -0.2) is 36.0 Å². The zero-order chi connectivity index (χ0) is 47.3. The van der Waals surface area contributed by atoms with E-state index >= 15 is 0 Å². The number of halogens is 1. The Labute approximate surface area is 412 Å². The summed E-state index contributed by atoms with van der Waals surface area (Å²) in [4.78, 5) is 23.4. The van der Waals surface area contributed by atoms with E-state index in [1.807, 2.05) is 49.5 Å². The lowest BCUT2D eigenvalue weighted by Crippen LogP contribution is -2.50. The van der Waals surface area contributed by atoms with E-state index in [0.717, 1.165) is 116 Å². The molecule has 0 amide bonds. The topological polar surface area (TPSA) is 128 Å². The van der Waals surface area contributed by atoms with Crippen LogP contribution in [0.15, 0.2) is 143 Å². The molecule has 1 aliphatic heterocycles. The number of nitrogens with two attached hydrogens (primary N) is 1. The van der Waals surface area contributed by atoms with Crippen molar-refractivity contribution in [2.75, 3.05) is 14.1 Å². The SMILES string of the molecule is CNO.Cl.[C-]#[N+]c1cccc(-c2ccc3c(c2)C(=NC#N)C2(CCc4ccccc4CC2)CC3)c1.[C-]#[N+]c1cccc(-c2ccc3c(c2)C2(N=C(N)N(C)O2)C2(CCc4ccccc4CC2)CC3)c1. The van der Waals surface area contributed by atoms with Gasteiger partial charge in [-0.2, -0.15) is 10.3 Å². The second-order valence-electron chi connectivity index (χ2n) is 18.7. The van der Waals surface area contributed by atoms with E-state index in [2.05, 4.69) is 112 Å². The lowest BCUT2D eigenvalue weighted by atomic mass is 9.61. The van der Waals surface area contributed by atoms with Crippen molar-refractivity contribution in [1.29, 1.82) is 5.26 Å². The summed E-state index contributed by atoms with van der Waals surface area (Å²) in [6.45, 7) is 14.7. The Morgan fingerprint density at radius 1 is 0.652 bits per heavy atom. The summed E-state index contributed by atoms with van der Waals surface area (Å²) in [7, 11) is 3.28. The number of hydroxylamine groups is 3. The summed E-state index contributed by atoms with van der Waals surface area (Å²) in [5.41, 5.74) is 24.0. The molecule has 6 aromatic carbocycles. The van der Waals surface area contributed by atoms with Crippen LogP contribution in [0.2, 0.25) is 0 Å². The average molecular weight is 934 g/mol. The van der Waals surface area contributed by atoms with Crippen molar-refractivity contribution in [1.82, 2.24) is 10.5 Å². The van der Waals surface area contributed by atoms with Gasteiger partial charge in [-0.25, -0.2) is 30.1 Å². The molecule has 11 rings (SSSR count). The fourth-order valence-electron chi connectivity index (χ4n) is 11.6. The summed E-state index contributed by atoms with van der Waals surface area (Å²) in [6, 6.07) is 46.2. The molecule has 6 aromatic rings. The van der Waals surface area contributed by atoms with Gasteiger partial charge in [-0.3, -0.25) is 0 Å². The molecule has 0 aromatic heterocycles. The van der Waals surface area contributed by atoms with Crippen molar-refractivity contribution < 1.29 is 10.0 Å². The van der Waals surface area contributed by atoms with Crippen molar-refractivity contribution in [2.45, 2.75) is 82.8 Å². The van der Waals surface area contributed by atoms with Crippen LogP contribution in [0, 0.1) is 35.4 Å². The second-order valence-corrected chi connectivity index (χ2v) is 18.7. The van der Waals surface area contributed by atoms with E-state index in [1.165, 1.54) is 40.4 Å². The molecule has 0 fully saturated rings. The molecule has 0 saturated heterocycles. The number of aliphatic imine (C=N–C) groups is 2. The average Bonchev–Trinajstić information content (AvgIpc) is 3.49. The summed E-state index contributed by atoms with van der Waals surface area (Å²) in [6.07, 6.45) is 14.4. The first kappa shape index (κ1) is 48.4. The summed E-state index contributed by atoms with van der Waals surface area (Å²) in [5, 5.41) is 18.5. The zero-order valence-corrected chi connectivity index (χ0v) is 40.0. The highest BCUT2D eigenvalue weighted by Gasteiger charge is 2.60. The van der Waals surface area contributed by atoms with E-state index in [-0.39, 0.29) is 23.2 Å². The first-order valence-electron chi connectivity index (χ1n) is 23.6. The summed E-state index contributed by atoms with van der Waals surface area (Å²) < 4.78 is 0. The van der Waals surface area contributed by atoms with Gasteiger partial charge in [0.15, 0.2) is 11.4 Å². The standard InChI is InChI=1S/C29H28N4O.C28H23N3.CH5NO.ClH/c1-31-25-9-5-8-23(18-25)24-11-10-22-14-17-28(15-12-20-6-3-4-7-21(20)13-16-28)29(26(22)19-24)32-27(30)33(2)34-29;1-30-25-8-4-7-23(17-25)24-10-9-22-13-16-28(27(31-19-29)26(22)18-24)14-11-20-5-2-3-6-21(20)12-15-28;1-2-3;/h3-11,18-19H,12-17H2,2H3,(H2,30,32);2-10,17-18H,11-16H2;2-3H,1H3;1H. The highest BCUT2D eigenvalue weighted by atomic mass is 35.5. The van der Waals surface area contributed by atoms with Crippen LogP contribution in [0.25, 0.3) is 31.9 Å². The van der Waals surface area contributed by atoms with Gasteiger partial charge in [0.2, 0.25) is 17.9 Å². The van der Waals surface area contributed by atoms with Gasteiger partial charge >= 0.3 is 0 Å². The molecule has 4 aliphatic carbocycles. The number of nitrogens with zero attached hydrogens (tertiary/aromatic N) is 6. The van der Waals surface area contributed by atoms with E-state index in [0.29, 0.717) is 17.3 Å². The fraction of sp³-hybridized carbons (Fsp3) is 0.293. The van der Waals surface area contributed by atoms with Crippen molar-refractivity contribution in [3.8, 4) is 28.4 Å². The van der Waals surface area contributed by atoms with Crippen LogP contribution in [0.3, 0.4) is 0 Å². The smallest absolute Gasteiger partial charge is 0.220 e. The third kappa shape index (κ3) is 9.28. The molecule has 10 nitrogen and oxygen atoms in total. The fourth-order valence-corrected chi connectivity index (χ4v) is 11.6. The minimum absolute atomic E-state index is 0. The quantitative estimate of drug-likeness (QED) is 0.0901. The number of guanidine groups is 1. The van der Waals surface area contributed by atoms with E-state index < -0.39 is 5.72 Å². The molecule has 348 valence electrons. The molecule has 0 bridgehead atoms. The normalized spacial score (nSPS) is 19.4. The van der Waals surface area contributed by atoms with Gasteiger partial charge in [0.05, 0.1) is 18.9 Å². The van der Waals surface area contributed by atoms with Gasteiger partial charge in [0.1, 0.15) is 0 Å². The monoisotopic (exact) mass is 932 g/mol. The van der Waals surface area contributed by atoms with Crippen molar-refractivity contribution in [3.63, 3.8) is 0 Å². The molecule has 1 unspecified atom stereocenters. The number of rotatable bonds is 2. The van der Waals surface area contributed by atoms with Gasteiger partial charge in [0, 0.05) is 36.1 Å². The molecular weight excluding hydrogens is 876 g/mol. The van der Waals surface area contributed by atoms with Crippen LogP contribution in [0.5, 0.6) is 0 Å². The van der Waals surface area contributed by atoms with Crippen LogP contribution in [-0.2, 0) is 49.1 Å². The van der Waals surface area contributed by atoms with Crippen LogP contribution < -0.4 is 11.2 Å². The molecule has 4 N–H and O–H groups in total. The van der Waals surface area contributed by atoms with E-state index in [4.69, 9.17) is 33.9 Å². The Balaban J connectivity index is 0.000000174. The third-order valence-electron chi connectivity index (χ3n) is 15.2. The maximum atomic E-state index is 9.59. The molecule has 0 radical (unpaired) electrons. The Morgan fingerprint density at radius 3 is 1.58 bits per heavy atom. The molecular formula is C58H57ClN8O2. The van der Waals surface area contributed by atoms with Gasteiger partial charge in [-0.05, 0) is 157 Å². The number of hydrogen-bond acceptors (Lipinski definition) is 8. The second kappa shape index (κ2) is 20.6. The predicted molar refractivity (Wildman–Crippen MR) is 276 cm³/mol. The lowest BCUT2D eigenvalue weighted by Gasteiger charge is -2.49. The van der Waals surface area contributed by atoms with Crippen LogP contribution >= 0.6 is 12.4 Å². The van der Waals surface area contributed by atoms with Gasteiger partial charge < -0.3 is 10.9 Å². The number of hydrogen-bond donors (Lipinski definition) is 3. The Kier molecular flexibility index (Phi) is 14.5. The summed E-state index contributed by atoms with van der Waals surface area (Å²) >= 11 is 0. The number of benzene rings is 6. The van der Waals surface area contributed by atoms with Crippen molar-refractivity contribution in [2.24, 2.45) is 26.5 Å². The molecule has 3 spiro atoms. The highest BCUT2D eigenvalue weighted by molar-refractivity contribution is 6.08. The van der Waals surface area contributed by atoms with Gasteiger partial charge in [-0.1, -0.05) is 109 Å². The van der Waals surface area contributed by atoms with Gasteiger partial charge in [0.25, 0.3) is 0 Å². The van der Waals surface area contributed by atoms with Crippen molar-refractivity contribution >= 4 is 35.5 Å². The minimum atomic E-state index is -0.838. The zero-order valence-electron chi connectivity index (χ0n) is 39.2. The third-order valence-corrected chi connectivity index (χ3v) is 15.2. The molecule has 1 heterocycles. The van der Waals surface area contributed by atoms with Crippen molar-refractivity contribution in [3.05, 3.63) is 201 Å². The van der Waals surface area contributed by atoms with Gasteiger partial charge in [-0.15, -0.1) is 12.4 Å². The van der Waals surface area contributed by atoms with E-state index in [1.54, 1.807) is 10.5 Å². The molecule has 69 heavy (non-hydrogen) atoms. The van der Waals surface area contributed by atoms with E-state index in [9.17, 15) is 5.26 Å². The number of nitriles is 1. The molecule has 1 atom stereocenters. The molecule has 0 saturated carbocycles. The minimum Gasteiger partial charge on any atom is -0.368 e.